The van der Waals surface area contributed by atoms with Crippen LogP contribution in [0.15, 0.2) is 29.3 Å². The van der Waals surface area contributed by atoms with Gasteiger partial charge in [0.25, 0.3) is 0 Å². The summed E-state index contributed by atoms with van der Waals surface area (Å²) < 4.78 is 5.24. The Morgan fingerprint density at radius 3 is 2.59 bits per heavy atom. The SMILES string of the molecule is CCNC(=NCCC(C)c1ccc(OC)cc1)NCCN1CCCN(C)CC1.I. The fourth-order valence-corrected chi connectivity index (χ4v) is 3.47. The fraction of sp³-hybridized carbons (Fsp3) is 0.682. The molecule has 1 aliphatic rings. The number of hydrogen-bond acceptors (Lipinski definition) is 4. The van der Waals surface area contributed by atoms with E-state index in [4.69, 9.17) is 9.73 Å². The smallest absolute Gasteiger partial charge is 0.191 e. The van der Waals surface area contributed by atoms with Crippen molar-refractivity contribution in [3.63, 3.8) is 0 Å². The van der Waals surface area contributed by atoms with Crippen LogP contribution in [0.4, 0.5) is 0 Å². The molecule has 29 heavy (non-hydrogen) atoms. The maximum atomic E-state index is 5.24. The highest BCUT2D eigenvalue weighted by Gasteiger charge is 2.11. The van der Waals surface area contributed by atoms with Crippen LogP contribution in [0, 0.1) is 0 Å². The topological polar surface area (TPSA) is 52.1 Å². The Balaban J connectivity index is 0.00000420. The molecule has 0 aromatic heterocycles. The molecule has 1 aromatic rings. The molecule has 0 bridgehead atoms. The molecule has 1 aromatic carbocycles. The van der Waals surface area contributed by atoms with Gasteiger partial charge in [0.2, 0.25) is 0 Å². The van der Waals surface area contributed by atoms with E-state index in [1.54, 1.807) is 7.11 Å². The highest BCUT2D eigenvalue weighted by Crippen LogP contribution is 2.21. The molecule has 1 aliphatic heterocycles. The third-order valence-electron chi connectivity index (χ3n) is 5.39. The average Bonchev–Trinajstić information content (AvgIpc) is 2.92. The molecule has 0 amide bonds. The van der Waals surface area contributed by atoms with E-state index in [1.165, 1.54) is 25.1 Å². The van der Waals surface area contributed by atoms with Crippen LogP contribution in [-0.2, 0) is 0 Å². The number of nitrogens with one attached hydrogen (secondary N) is 2. The summed E-state index contributed by atoms with van der Waals surface area (Å²) in [6.07, 6.45) is 2.29. The van der Waals surface area contributed by atoms with Gasteiger partial charge in [-0.1, -0.05) is 19.1 Å². The van der Waals surface area contributed by atoms with Gasteiger partial charge in [0.05, 0.1) is 7.11 Å². The number of aliphatic imine (C=N–C) groups is 1. The lowest BCUT2D eigenvalue weighted by Crippen LogP contribution is -2.42. The molecule has 7 heteroatoms. The number of methoxy groups -OCH3 is 1. The summed E-state index contributed by atoms with van der Waals surface area (Å²) in [5.41, 5.74) is 1.33. The largest absolute Gasteiger partial charge is 0.497 e. The second-order valence-electron chi connectivity index (χ2n) is 7.65. The first-order chi connectivity index (χ1) is 13.6. The van der Waals surface area contributed by atoms with Crippen molar-refractivity contribution in [1.82, 2.24) is 20.4 Å². The van der Waals surface area contributed by atoms with Crippen LogP contribution in [0.1, 0.15) is 38.2 Å². The number of likely N-dealkylation sites (N-methyl/N-ethyl adjacent to an activating group) is 1. The Kier molecular flexibility index (Phi) is 13.3. The zero-order chi connectivity index (χ0) is 20.2. The van der Waals surface area contributed by atoms with Crippen LogP contribution in [0.25, 0.3) is 0 Å². The molecule has 1 saturated heterocycles. The molecular formula is C22H40IN5O. The third kappa shape index (κ3) is 10.00. The first-order valence-electron chi connectivity index (χ1n) is 10.7. The van der Waals surface area contributed by atoms with Crippen molar-refractivity contribution in [2.75, 3.05) is 66.5 Å². The highest BCUT2D eigenvalue weighted by molar-refractivity contribution is 14.0. The summed E-state index contributed by atoms with van der Waals surface area (Å²) in [4.78, 5) is 9.74. The van der Waals surface area contributed by atoms with Gasteiger partial charge in [-0.05, 0) is 63.5 Å². The predicted octanol–water partition coefficient (Wildman–Crippen LogP) is 3.00. The van der Waals surface area contributed by atoms with Gasteiger partial charge < -0.3 is 25.2 Å². The van der Waals surface area contributed by atoms with Crippen LogP contribution in [-0.4, -0.2) is 82.3 Å². The number of ether oxygens (including phenoxy) is 1. The Morgan fingerprint density at radius 1 is 1.14 bits per heavy atom. The minimum atomic E-state index is 0. The van der Waals surface area contributed by atoms with Crippen molar-refractivity contribution in [3.05, 3.63) is 29.8 Å². The molecule has 6 nitrogen and oxygen atoms in total. The van der Waals surface area contributed by atoms with Gasteiger partial charge >= 0.3 is 0 Å². The van der Waals surface area contributed by atoms with Crippen molar-refractivity contribution < 1.29 is 4.74 Å². The molecule has 2 rings (SSSR count). The van der Waals surface area contributed by atoms with Gasteiger partial charge in [-0.15, -0.1) is 24.0 Å². The Hall–Kier alpha value is -1.06. The molecule has 1 fully saturated rings. The standard InChI is InChI=1S/C22H39N5O.HI/c1-5-23-22(25-13-16-27-15-6-14-26(3)17-18-27)24-12-11-19(2)20-7-9-21(28-4)10-8-20;/h7-10,19H,5-6,11-18H2,1-4H3,(H2,23,24,25);1H. The van der Waals surface area contributed by atoms with Crippen molar-refractivity contribution >= 4 is 29.9 Å². The molecule has 1 heterocycles. The van der Waals surface area contributed by atoms with E-state index in [-0.39, 0.29) is 24.0 Å². The molecule has 0 saturated carbocycles. The number of halogens is 1. The summed E-state index contributed by atoms with van der Waals surface area (Å²) in [6.45, 7) is 12.8. The minimum Gasteiger partial charge on any atom is -0.497 e. The Morgan fingerprint density at radius 2 is 1.90 bits per heavy atom. The van der Waals surface area contributed by atoms with E-state index >= 15 is 0 Å². The fourth-order valence-electron chi connectivity index (χ4n) is 3.47. The van der Waals surface area contributed by atoms with E-state index in [9.17, 15) is 0 Å². The number of nitrogens with zero attached hydrogens (tertiary/aromatic N) is 3. The second-order valence-corrected chi connectivity index (χ2v) is 7.65. The Labute approximate surface area is 194 Å². The van der Waals surface area contributed by atoms with Gasteiger partial charge in [-0.25, -0.2) is 0 Å². The third-order valence-corrected chi connectivity index (χ3v) is 5.39. The summed E-state index contributed by atoms with van der Waals surface area (Å²) in [6, 6.07) is 8.35. The van der Waals surface area contributed by atoms with Crippen LogP contribution in [0.3, 0.4) is 0 Å². The van der Waals surface area contributed by atoms with E-state index in [0.29, 0.717) is 5.92 Å². The maximum Gasteiger partial charge on any atom is 0.191 e. The van der Waals surface area contributed by atoms with Gasteiger partial charge in [-0.3, -0.25) is 4.99 Å². The van der Waals surface area contributed by atoms with Crippen molar-refractivity contribution in [1.29, 1.82) is 0 Å². The van der Waals surface area contributed by atoms with E-state index in [1.807, 2.05) is 12.1 Å². The van der Waals surface area contributed by atoms with E-state index in [2.05, 4.69) is 53.5 Å². The van der Waals surface area contributed by atoms with Crippen LogP contribution < -0.4 is 15.4 Å². The molecular weight excluding hydrogens is 477 g/mol. The number of benzene rings is 1. The first-order valence-corrected chi connectivity index (χ1v) is 10.7. The lowest BCUT2D eigenvalue weighted by Gasteiger charge is -2.21. The number of hydrogen-bond donors (Lipinski definition) is 2. The maximum absolute atomic E-state index is 5.24. The highest BCUT2D eigenvalue weighted by atomic mass is 127. The van der Waals surface area contributed by atoms with E-state index < -0.39 is 0 Å². The summed E-state index contributed by atoms with van der Waals surface area (Å²) >= 11 is 0. The van der Waals surface area contributed by atoms with Crippen molar-refractivity contribution in [2.45, 2.75) is 32.6 Å². The van der Waals surface area contributed by atoms with Crippen molar-refractivity contribution in [2.24, 2.45) is 4.99 Å². The molecule has 2 N–H and O–H groups in total. The quantitative estimate of drug-likeness (QED) is 0.300. The zero-order valence-corrected chi connectivity index (χ0v) is 20.9. The summed E-state index contributed by atoms with van der Waals surface area (Å²) in [5, 5.41) is 6.86. The lowest BCUT2D eigenvalue weighted by atomic mass is 9.98. The predicted molar refractivity (Wildman–Crippen MR) is 134 cm³/mol. The lowest BCUT2D eigenvalue weighted by molar-refractivity contribution is 0.280. The van der Waals surface area contributed by atoms with Crippen LogP contribution in [0.2, 0.25) is 0 Å². The van der Waals surface area contributed by atoms with Gasteiger partial charge in [0.1, 0.15) is 5.75 Å². The average molecular weight is 518 g/mol. The second kappa shape index (κ2) is 14.8. The number of guanidine groups is 1. The minimum absolute atomic E-state index is 0. The molecule has 0 radical (unpaired) electrons. The molecule has 1 atom stereocenters. The Bertz CT molecular complexity index is 581. The molecule has 166 valence electrons. The van der Waals surface area contributed by atoms with Crippen molar-refractivity contribution in [3.8, 4) is 5.75 Å². The van der Waals surface area contributed by atoms with E-state index in [0.717, 1.165) is 57.4 Å². The monoisotopic (exact) mass is 517 g/mol. The summed E-state index contributed by atoms with van der Waals surface area (Å²) in [7, 11) is 3.91. The first kappa shape index (κ1) is 26.0. The molecule has 0 aliphatic carbocycles. The van der Waals surface area contributed by atoms with Gasteiger partial charge in [-0.2, -0.15) is 0 Å². The van der Waals surface area contributed by atoms with Gasteiger partial charge in [0, 0.05) is 39.3 Å². The normalized spacial score (nSPS) is 17.2. The summed E-state index contributed by atoms with van der Waals surface area (Å²) in [5.74, 6) is 2.31. The van der Waals surface area contributed by atoms with Crippen LogP contribution in [0.5, 0.6) is 5.75 Å². The molecule has 1 unspecified atom stereocenters. The van der Waals surface area contributed by atoms with Gasteiger partial charge in [0.15, 0.2) is 5.96 Å². The molecule has 0 spiro atoms. The number of rotatable bonds is 9. The van der Waals surface area contributed by atoms with Crippen LogP contribution >= 0.6 is 24.0 Å². The zero-order valence-electron chi connectivity index (χ0n) is 18.6.